The van der Waals surface area contributed by atoms with Crippen molar-refractivity contribution in [3.05, 3.63) is 17.1 Å². The van der Waals surface area contributed by atoms with Gasteiger partial charge in [0.2, 0.25) is 10.0 Å². The van der Waals surface area contributed by atoms with Gasteiger partial charge in [-0.2, -0.15) is 4.31 Å². The van der Waals surface area contributed by atoms with Crippen LogP contribution in [0.3, 0.4) is 0 Å². The molecule has 1 aromatic rings. The van der Waals surface area contributed by atoms with Crippen LogP contribution in [-0.4, -0.2) is 50.6 Å². The van der Waals surface area contributed by atoms with Crippen molar-refractivity contribution in [3.8, 4) is 0 Å². The minimum absolute atomic E-state index is 0.103. The lowest BCUT2D eigenvalue weighted by molar-refractivity contribution is 0.0691. The zero-order valence-corrected chi connectivity index (χ0v) is 13.1. The number of hydrogen-bond donors (Lipinski definition) is 1. The predicted octanol–water partition coefficient (Wildman–Crippen LogP) is 1.25. The Balaban J connectivity index is 2.40. The Morgan fingerprint density at radius 1 is 1.43 bits per heavy atom. The molecule has 0 amide bonds. The fourth-order valence-electron chi connectivity index (χ4n) is 2.74. The van der Waals surface area contributed by atoms with Gasteiger partial charge in [-0.05, 0) is 26.2 Å². The zero-order chi connectivity index (χ0) is 15.8. The smallest absolute Gasteiger partial charge is 0.340 e. The van der Waals surface area contributed by atoms with Crippen LogP contribution in [0.25, 0.3) is 0 Å². The molecule has 1 fully saturated rings. The molecule has 1 N–H and O–H groups in total. The number of methoxy groups -OCH3 is 1. The van der Waals surface area contributed by atoms with Gasteiger partial charge in [0.1, 0.15) is 22.0 Å². The highest BCUT2D eigenvalue weighted by Crippen LogP contribution is 2.32. The molecule has 0 aliphatic carbocycles. The van der Waals surface area contributed by atoms with Gasteiger partial charge >= 0.3 is 5.97 Å². The van der Waals surface area contributed by atoms with Crippen molar-refractivity contribution in [1.29, 1.82) is 0 Å². The molecule has 1 unspecified atom stereocenters. The molecule has 1 aliphatic heterocycles. The average molecular weight is 317 g/mol. The number of ether oxygens (including phenoxy) is 1. The number of hydrogen-bond acceptors (Lipinski definition) is 5. The second-order valence-electron chi connectivity index (χ2n) is 5.20. The van der Waals surface area contributed by atoms with Gasteiger partial charge in [-0.25, -0.2) is 13.2 Å². The second kappa shape index (κ2) is 5.78. The number of rotatable bonds is 5. The number of nitrogens with zero attached hydrogens (tertiary/aromatic N) is 1. The predicted molar refractivity (Wildman–Crippen MR) is 73.9 cm³/mol. The Morgan fingerprint density at radius 3 is 2.67 bits per heavy atom. The summed E-state index contributed by atoms with van der Waals surface area (Å²) in [6, 6.07) is 0. The first-order valence-corrected chi connectivity index (χ1v) is 8.05. The molecule has 0 bridgehead atoms. The van der Waals surface area contributed by atoms with Crippen LogP contribution in [0.15, 0.2) is 9.31 Å². The molecule has 21 heavy (non-hydrogen) atoms. The highest BCUT2D eigenvalue weighted by atomic mass is 32.2. The maximum Gasteiger partial charge on any atom is 0.340 e. The third-order valence-corrected chi connectivity index (χ3v) is 5.69. The normalized spacial score (nSPS) is 20.0. The summed E-state index contributed by atoms with van der Waals surface area (Å²) in [7, 11) is -2.30. The van der Waals surface area contributed by atoms with E-state index in [9.17, 15) is 18.3 Å². The van der Waals surface area contributed by atoms with Crippen LogP contribution >= 0.6 is 0 Å². The molecule has 1 aromatic heterocycles. The second-order valence-corrected chi connectivity index (χ2v) is 7.07. The zero-order valence-electron chi connectivity index (χ0n) is 12.2. The van der Waals surface area contributed by atoms with Crippen molar-refractivity contribution >= 4 is 16.0 Å². The highest BCUT2D eigenvalue weighted by Gasteiger charge is 2.38. The van der Waals surface area contributed by atoms with E-state index in [1.54, 1.807) is 7.11 Å². The summed E-state index contributed by atoms with van der Waals surface area (Å²) < 4.78 is 37.0. The van der Waals surface area contributed by atoms with Crippen LogP contribution in [0.2, 0.25) is 0 Å². The first-order valence-electron chi connectivity index (χ1n) is 6.61. The van der Waals surface area contributed by atoms with Gasteiger partial charge < -0.3 is 14.3 Å². The number of aromatic carboxylic acids is 1. The van der Waals surface area contributed by atoms with Crippen LogP contribution < -0.4 is 0 Å². The van der Waals surface area contributed by atoms with Crippen molar-refractivity contribution in [2.75, 3.05) is 26.8 Å². The van der Waals surface area contributed by atoms with E-state index in [0.29, 0.717) is 26.1 Å². The largest absolute Gasteiger partial charge is 0.478 e. The fraction of sp³-hybridized carbons (Fsp3) is 0.615. The van der Waals surface area contributed by atoms with Crippen molar-refractivity contribution in [2.45, 2.75) is 25.2 Å². The summed E-state index contributed by atoms with van der Waals surface area (Å²) in [5, 5.41) is 9.24. The SMILES string of the molecule is COCC1CCN(S(=O)(=O)c2c(C)oc(C)c2C(=O)O)C1. The topological polar surface area (TPSA) is 97.0 Å². The maximum absolute atomic E-state index is 12.7. The Labute approximate surface area is 123 Å². The van der Waals surface area contributed by atoms with Crippen molar-refractivity contribution in [2.24, 2.45) is 5.92 Å². The van der Waals surface area contributed by atoms with E-state index in [1.165, 1.54) is 18.2 Å². The molecule has 2 rings (SSSR count). The lowest BCUT2D eigenvalue weighted by atomic mass is 10.1. The highest BCUT2D eigenvalue weighted by molar-refractivity contribution is 7.89. The fourth-order valence-corrected chi connectivity index (χ4v) is 4.64. The van der Waals surface area contributed by atoms with E-state index >= 15 is 0 Å². The van der Waals surface area contributed by atoms with Crippen molar-refractivity contribution < 1.29 is 27.5 Å². The number of furan rings is 1. The molecule has 0 radical (unpaired) electrons. The summed E-state index contributed by atoms with van der Waals surface area (Å²) in [4.78, 5) is 11.1. The van der Waals surface area contributed by atoms with Crippen LogP contribution in [-0.2, 0) is 14.8 Å². The van der Waals surface area contributed by atoms with Gasteiger partial charge in [0.05, 0.1) is 6.61 Å². The van der Waals surface area contributed by atoms with Crippen LogP contribution in [0.4, 0.5) is 0 Å². The first kappa shape index (κ1) is 16.0. The number of carboxylic acids is 1. The van der Waals surface area contributed by atoms with E-state index in [-0.39, 0.29) is 27.9 Å². The molecule has 1 saturated heterocycles. The van der Waals surface area contributed by atoms with Gasteiger partial charge in [-0.15, -0.1) is 0 Å². The third-order valence-electron chi connectivity index (χ3n) is 3.67. The molecule has 0 spiro atoms. The Morgan fingerprint density at radius 2 is 2.10 bits per heavy atom. The number of carbonyl (C=O) groups is 1. The lowest BCUT2D eigenvalue weighted by Gasteiger charge is -2.16. The lowest BCUT2D eigenvalue weighted by Crippen LogP contribution is -2.30. The third kappa shape index (κ3) is 2.83. The quantitative estimate of drug-likeness (QED) is 0.878. The van der Waals surface area contributed by atoms with Crippen LogP contribution in [0.1, 0.15) is 28.3 Å². The van der Waals surface area contributed by atoms with Crippen LogP contribution in [0.5, 0.6) is 0 Å². The van der Waals surface area contributed by atoms with Gasteiger partial charge in [-0.3, -0.25) is 0 Å². The maximum atomic E-state index is 12.7. The molecular formula is C13H19NO6S. The summed E-state index contributed by atoms with van der Waals surface area (Å²) in [5.41, 5.74) is -0.275. The van der Waals surface area contributed by atoms with Gasteiger partial charge in [0.15, 0.2) is 0 Å². The van der Waals surface area contributed by atoms with E-state index in [1.807, 2.05) is 0 Å². The van der Waals surface area contributed by atoms with E-state index in [0.717, 1.165) is 0 Å². The molecule has 7 nitrogen and oxygen atoms in total. The number of carboxylic acid groups (broad SMARTS) is 1. The Hall–Kier alpha value is -1.38. The molecular weight excluding hydrogens is 298 g/mol. The molecule has 0 saturated carbocycles. The average Bonchev–Trinajstić information content (AvgIpc) is 2.94. The van der Waals surface area contributed by atoms with Gasteiger partial charge in [0, 0.05) is 20.2 Å². The molecule has 1 atom stereocenters. The molecule has 0 aromatic carbocycles. The standard InChI is InChI=1S/C13H19NO6S/c1-8-11(13(15)16)12(9(2)20-8)21(17,18)14-5-4-10(6-14)7-19-3/h10H,4-7H2,1-3H3,(H,15,16). The minimum Gasteiger partial charge on any atom is -0.478 e. The van der Waals surface area contributed by atoms with Crippen LogP contribution in [0, 0.1) is 19.8 Å². The van der Waals surface area contributed by atoms with Crippen molar-refractivity contribution in [1.82, 2.24) is 4.31 Å². The molecule has 1 aliphatic rings. The number of sulfonamides is 1. The monoisotopic (exact) mass is 317 g/mol. The molecule has 8 heteroatoms. The van der Waals surface area contributed by atoms with Crippen molar-refractivity contribution in [3.63, 3.8) is 0 Å². The molecule has 2 heterocycles. The van der Waals surface area contributed by atoms with Gasteiger partial charge in [-0.1, -0.05) is 0 Å². The summed E-state index contributed by atoms with van der Waals surface area (Å²) in [5.74, 6) is -0.951. The summed E-state index contributed by atoms with van der Waals surface area (Å²) in [6.07, 6.45) is 0.700. The van der Waals surface area contributed by atoms with Gasteiger partial charge in [0.25, 0.3) is 0 Å². The summed E-state index contributed by atoms with van der Waals surface area (Å²) >= 11 is 0. The Kier molecular flexibility index (Phi) is 4.40. The minimum atomic E-state index is -3.87. The van der Waals surface area contributed by atoms with E-state index in [4.69, 9.17) is 9.15 Å². The number of aryl methyl sites for hydroxylation is 2. The van der Waals surface area contributed by atoms with E-state index in [2.05, 4.69) is 0 Å². The summed E-state index contributed by atoms with van der Waals surface area (Å²) in [6.45, 7) is 4.10. The van der Waals surface area contributed by atoms with E-state index < -0.39 is 16.0 Å². The molecule has 118 valence electrons. The first-order chi connectivity index (χ1) is 9.78. The Bertz CT molecular complexity index is 648.